The van der Waals surface area contributed by atoms with Crippen LogP contribution in [-0.2, 0) is 9.53 Å². The van der Waals surface area contributed by atoms with Gasteiger partial charge >= 0.3 is 12.1 Å². The molecule has 0 aromatic heterocycles. The van der Waals surface area contributed by atoms with Gasteiger partial charge in [-0.25, -0.2) is 4.79 Å². The molecule has 0 aromatic rings. The molecular formula is C6H7F3O2. The van der Waals surface area contributed by atoms with Crippen LogP contribution in [0.5, 0.6) is 0 Å². The number of esters is 1. The van der Waals surface area contributed by atoms with E-state index in [1.165, 1.54) is 6.92 Å². The Morgan fingerprint density at radius 2 is 2.00 bits per heavy atom. The van der Waals surface area contributed by atoms with Crippen LogP contribution in [0.3, 0.4) is 0 Å². The van der Waals surface area contributed by atoms with Crippen LogP contribution in [0, 0.1) is 0 Å². The second-order valence-corrected chi connectivity index (χ2v) is 1.70. The van der Waals surface area contributed by atoms with Gasteiger partial charge in [-0.05, 0) is 6.92 Å². The average molecular weight is 168 g/mol. The molecule has 0 unspecified atom stereocenters. The van der Waals surface area contributed by atoms with E-state index in [1.54, 1.807) is 0 Å². The summed E-state index contributed by atoms with van der Waals surface area (Å²) < 4.78 is 38.9. The van der Waals surface area contributed by atoms with Crippen molar-refractivity contribution in [2.24, 2.45) is 0 Å². The number of carbonyl (C=O) groups excluding carboxylic acids is 1. The minimum Gasteiger partial charge on any atom is -0.462 e. The maximum atomic E-state index is 11.6. The van der Waals surface area contributed by atoms with Crippen molar-refractivity contribution < 1.29 is 22.7 Å². The third kappa shape index (κ3) is 3.06. The van der Waals surface area contributed by atoms with Gasteiger partial charge in [0.25, 0.3) is 0 Å². The molecule has 11 heavy (non-hydrogen) atoms. The van der Waals surface area contributed by atoms with Gasteiger partial charge in [0.1, 0.15) is 5.57 Å². The van der Waals surface area contributed by atoms with Crippen molar-refractivity contribution in [1.29, 1.82) is 0 Å². The lowest BCUT2D eigenvalue weighted by Crippen LogP contribution is -2.20. The fourth-order valence-corrected chi connectivity index (χ4v) is 0.334. The van der Waals surface area contributed by atoms with Gasteiger partial charge in [-0.15, -0.1) is 0 Å². The summed E-state index contributed by atoms with van der Waals surface area (Å²) in [4.78, 5) is 10.3. The van der Waals surface area contributed by atoms with Crippen molar-refractivity contribution >= 4 is 5.97 Å². The zero-order valence-electron chi connectivity index (χ0n) is 5.86. The predicted octanol–water partition coefficient (Wildman–Crippen LogP) is 1.67. The summed E-state index contributed by atoms with van der Waals surface area (Å²) in [5, 5.41) is 0. The molecule has 0 saturated carbocycles. The maximum Gasteiger partial charge on any atom is 0.422 e. The minimum atomic E-state index is -4.69. The first-order valence-electron chi connectivity index (χ1n) is 2.82. The van der Waals surface area contributed by atoms with Gasteiger partial charge < -0.3 is 4.74 Å². The molecule has 0 aliphatic carbocycles. The highest BCUT2D eigenvalue weighted by Crippen LogP contribution is 2.24. The summed E-state index contributed by atoms with van der Waals surface area (Å²) in [6.45, 7) is 3.87. The Hall–Kier alpha value is -1.00. The van der Waals surface area contributed by atoms with Gasteiger partial charge in [0, 0.05) is 0 Å². The van der Waals surface area contributed by atoms with E-state index in [-0.39, 0.29) is 6.61 Å². The molecule has 0 aromatic carbocycles. The Labute approximate surface area is 61.6 Å². The fourth-order valence-electron chi connectivity index (χ4n) is 0.334. The largest absolute Gasteiger partial charge is 0.462 e. The second kappa shape index (κ2) is 3.41. The molecule has 0 N–H and O–H groups in total. The first-order chi connectivity index (χ1) is 4.89. The van der Waals surface area contributed by atoms with Crippen molar-refractivity contribution in [3.63, 3.8) is 0 Å². The maximum absolute atomic E-state index is 11.6. The molecule has 64 valence electrons. The van der Waals surface area contributed by atoms with Crippen LogP contribution >= 0.6 is 0 Å². The highest BCUT2D eigenvalue weighted by molar-refractivity contribution is 5.89. The van der Waals surface area contributed by atoms with Crippen LogP contribution < -0.4 is 0 Å². The van der Waals surface area contributed by atoms with Crippen LogP contribution in [0.1, 0.15) is 6.92 Å². The lowest BCUT2D eigenvalue weighted by molar-refractivity contribution is -0.150. The summed E-state index contributed by atoms with van der Waals surface area (Å²) in [7, 11) is 0. The number of rotatable bonds is 2. The van der Waals surface area contributed by atoms with Crippen LogP contribution in [0.25, 0.3) is 0 Å². The monoisotopic (exact) mass is 168 g/mol. The lowest BCUT2D eigenvalue weighted by atomic mass is 10.3. The molecule has 0 rings (SSSR count). The number of hydrogen-bond donors (Lipinski definition) is 0. The molecule has 0 bridgehead atoms. The van der Waals surface area contributed by atoms with Crippen molar-refractivity contribution in [2.75, 3.05) is 6.61 Å². The smallest absolute Gasteiger partial charge is 0.422 e. The van der Waals surface area contributed by atoms with Crippen molar-refractivity contribution in [3.05, 3.63) is 12.2 Å². The van der Waals surface area contributed by atoms with E-state index in [1.807, 2.05) is 0 Å². The van der Waals surface area contributed by atoms with Gasteiger partial charge in [0.15, 0.2) is 0 Å². The van der Waals surface area contributed by atoms with Gasteiger partial charge in [-0.2, -0.15) is 13.2 Å². The quantitative estimate of drug-likeness (QED) is 0.463. The van der Waals surface area contributed by atoms with Crippen molar-refractivity contribution in [3.8, 4) is 0 Å². The molecule has 0 saturated heterocycles. The van der Waals surface area contributed by atoms with Gasteiger partial charge in [0.05, 0.1) is 6.61 Å². The molecular weight excluding hydrogens is 161 g/mol. The van der Waals surface area contributed by atoms with E-state index in [4.69, 9.17) is 0 Å². The van der Waals surface area contributed by atoms with Crippen molar-refractivity contribution in [2.45, 2.75) is 13.1 Å². The molecule has 0 aliphatic heterocycles. The summed E-state index contributed by atoms with van der Waals surface area (Å²) in [6.07, 6.45) is -4.69. The lowest BCUT2D eigenvalue weighted by Gasteiger charge is -2.07. The third-order valence-electron chi connectivity index (χ3n) is 0.864. The number of halogens is 3. The summed E-state index contributed by atoms with van der Waals surface area (Å²) >= 11 is 0. The molecule has 0 amide bonds. The normalized spacial score (nSPS) is 10.9. The zero-order valence-corrected chi connectivity index (χ0v) is 5.86. The molecule has 0 fully saturated rings. The van der Waals surface area contributed by atoms with Crippen LogP contribution in [0.2, 0.25) is 0 Å². The molecule has 0 aliphatic rings. The predicted molar refractivity (Wildman–Crippen MR) is 31.8 cm³/mol. The first-order valence-corrected chi connectivity index (χ1v) is 2.82. The fraction of sp³-hybridized carbons (Fsp3) is 0.500. The van der Waals surface area contributed by atoms with E-state index < -0.39 is 17.7 Å². The molecule has 2 nitrogen and oxygen atoms in total. The summed E-state index contributed by atoms with van der Waals surface area (Å²) in [5.74, 6) is -1.42. The first kappa shape index (κ1) is 10.0. The third-order valence-corrected chi connectivity index (χ3v) is 0.864. The Bertz CT molecular complexity index is 171. The van der Waals surface area contributed by atoms with E-state index in [9.17, 15) is 18.0 Å². The summed E-state index contributed by atoms with van der Waals surface area (Å²) in [6, 6.07) is 0. The average Bonchev–Trinajstić information content (AvgIpc) is 1.85. The van der Waals surface area contributed by atoms with Crippen LogP contribution in [0.4, 0.5) is 13.2 Å². The standard InChI is InChI=1S/C6H7F3O2/c1-3-11-5(10)4(2)6(7,8)9/h2-3H2,1H3. The molecule has 0 radical (unpaired) electrons. The minimum absolute atomic E-state index is 0.0894. The SMILES string of the molecule is C=C(C(=O)OCC)C(F)(F)F. The van der Waals surface area contributed by atoms with E-state index in [0.29, 0.717) is 0 Å². The molecule has 0 atom stereocenters. The number of ether oxygens (including phenoxy) is 1. The topological polar surface area (TPSA) is 26.3 Å². The number of hydrogen-bond acceptors (Lipinski definition) is 2. The number of carbonyl (C=O) groups is 1. The number of alkyl halides is 3. The molecule has 0 spiro atoms. The van der Waals surface area contributed by atoms with Crippen molar-refractivity contribution in [1.82, 2.24) is 0 Å². The van der Waals surface area contributed by atoms with Crippen LogP contribution in [-0.4, -0.2) is 18.8 Å². The second-order valence-electron chi connectivity index (χ2n) is 1.70. The zero-order chi connectivity index (χ0) is 9.07. The molecule has 0 heterocycles. The Morgan fingerprint density at radius 3 is 2.27 bits per heavy atom. The Morgan fingerprint density at radius 1 is 1.55 bits per heavy atom. The molecule has 5 heteroatoms. The van der Waals surface area contributed by atoms with Crippen LogP contribution in [0.15, 0.2) is 12.2 Å². The Balaban J connectivity index is 4.15. The Kier molecular flexibility index (Phi) is 3.10. The van der Waals surface area contributed by atoms with E-state index in [0.717, 1.165) is 0 Å². The van der Waals surface area contributed by atoms with Gasteiger partial charge in [0.2, 0.25) is 0 Å². The van der Waals surface area contributed by atoms with Gasteiger partial charge in [-0.3, -0.25) is 0 Å². The highest BCUT2D eigenvalue weighted by atomic mass is 19.4. The van der Waals surface area contributed by atoms with E-state index >= 15 is 0 Å². The van der Waals surface area contributed by atoms with Gasteiger partial charge in [-0.1, -0.05) is 6.58 Å². The highest BCUT2D eigenvalue weighted by Gasteiger charge is 2.37. The van der Waals surface area contributed by atoms with E-state index in [2.05, 4.69) is 11.3 Å². The summed E-state index contributed by atoms with van der Waals surface area (Å²) in [5.41, 5.74) is -1.47.